The molecule has 146 valence electrons. The molecule has 4 aliphatic rings. The molecule has 0 aromatic heterocycles. The van der Waals surface area contributed by atoms with Gasteiger partial charge in [-0.05, 0) is 74.0 Å². The van der Waals surface area contributed by atoms with Crippen LogP contribution in [0.3, 0.4) is 0 Å². The molecular formula is C22H29ClN2O2. The van der Waals surface area contributed by atoms with Crippen LogP contribution >= 0.6 is 11.6 Å². The molecule has 0 atom stereocenters. The summed E-state index contributed by atoms with van der Waals surface area (Å²) in [5.74, 6) is 2.53. The minimum atomic E-state index is -0.132. The smallest absolute Gasteiger partial charge is 0.226 e. The Morgan fingerprint density at radius 2 is 1.63 bits per heavy atom. The van der Waals surface area contributed by atoms with E-state index in [-0.39, 0.29) is 17.2 Å². The van der Waals surface area contributed by atoms with Crippen molar-refractivity contribution in [3.63, 3.8) is 0 Å². The average Bonchev–Trinajstić information content (AvgIpc) is 2.62. The maximum absolute atomic E-state index is 12.9. The summed E-state index contributed by atoms with van der Waals surface area (Å²) < 4.78 is 0. The molecule has 0 radical (unpaired) electrons. The Labute approximate surface area is 166 Å². The molecule has 0 saturated heterocycles. The number of carbonyl (C=O) groups is 2. The highest BCUT2D eigenvalue weighted by molar-refractivity contribution is 6.30. The van der Waals surface area contributed by atoms with E-state index in [9.17, 15) is 9.59 Å². The van der Waals surface area contributed by atoms with Gasteiger partial charge in [0.1, 0.15) is 0 Å². The highest BCUT2D eigenvalue weighted by Gasteiger charge is 2.54. The summed E-state index contributed by atoms with van der Waals surface area (Å²) in [5, 5.41) is 3.79. The van der Waals surface area contributed by atoms with E-state index < -0.39 is 0 Å². The summed E-state index contributed by atoms with van der Waals surface area (Å²) in [6.07, 6.45) is 7.55. The lowest BCUT2D eigenvalue weighted by Gasteiger charge is -2.55. The molecule has 27 heavy (non-hydrogen) atoms. The molecule has 0 heterocycles. The van der Waals surface area contributed by atoms with Crippen molar-refractivity contribution in [1.82, 2.24) is 10.2 Å². The summed E-state index contributed by atoms with van der Waals surface area (Å²) in [7, 11) is 1.80. The zero-order valence-corrected chi connectivity index (χ0v) is 16.8. The second kappa shape index (κ2) is 7.46. The number of rotatable bonds is 6. The third-order valence-electron chi connectivity index (χ3n) is 6.90. The first-order valence-corrected chi connectivity index (χ1v) is 10.6. The molecule has 4 aliphatic carbocycles. The van der Waals surface area contributed by atoms with Crippen molar-refractivity contribution < 1.29 is 9.59 Å². The van der Waals surface area contributed by atoms with E-state index in [2.05, 4.69) is 5.32 Å². The second-order valence-electron chi connectivity index (χ2n) is 9.08. The van der Waals surface area contributed by atoms with Crippen LogP contribution < -0.4 is 5.32 Å². The van der Waals surface area contributed by atoms with Crippen LogP contribution in [-0.2, 0) is 16.1 Å². The van der Waals surface area contributed by atoms with E-state index in [0.29, 0.717) is 24.5 Å². The van der Waals surface area contributed by atoms with E-state index in [1.807, 2.05) is 24.3 Å². The van der Waals surface area contributed by atoms with Crippen molar-refractivity contribution in [2.75, 3.05) is 13.6 Å². The Morgan fingerprint density at radius 1 is 1.07 bits per heavy atom. The van der Waals surface area contributed by atoms with Crippen molar-refractivity contribution in [3.8, 4) is 0 Å². The Kier molecular flexibility index (Phi) is 5.19. The molecule has 1 aromatic rings. The normalized spacial score (nSPS) is 31.0. The van der Waals surface area contributed by atoms with Gasteiger partial charge in [-0.1, -0.05) is 23.7 Å². The van der Waals surface area contributed by atoms with Crippen LogP contribution in [0, 0.1) is 23.2 Å². The third-order valence-corrected chi connectivity index (χ3v) is 7.16. The van der Waals surface area contributed by atoms with E-state index in [1.54, 1.807) is 11.9 Å². The van der Waals surface area contributed by atoms with Crippen LogP contribution in [0.5, 0.6) is 0 Å². The van der Waals surface area contributed by atoms with Crippen molar-refractivity contribution in [2.45, 2.75) is 51.5 Å². The topological polar surface area (TPSA) is 49.4 Å². The standard InChI is InChI=1S/C22H29ClN2O2/c1-25(14-15-2-4-19(23)5-3-15)20(26)6-7-24-21(27)22-11-16-8-17(12-22)10-18(9-16)13-22/h2-5,16-18H,6-14H2,1H3,(H,24,27). The molecule has 1 N–H and O–H groups in total. The molecule has 5 heteroatoms. The van der Waals surface area contributed by atoms with Gasteiger partial charge in [-0.15, -0.1) is 0 Å². The molecule has 4 nitrogen and oxygen atoms in total. The largest absolute Gasteiger partial charge is 0.355 e. The van der Waals surface area contributed by atoms with Gasteiger partial charge in [-0.3, -0.25) is 9.59 Å². The van der Waals surface area contributed by atoms with Gasteiger partial charge in [0.2, 0.25) is 11.8 Å². The van der Waals surface area contributed by atoms with Crippen LogP contribution in [-0.4, -0.2) is 30.3 Å². The highest BCUT2D eigenvalue weighted by atomic mass is 35.5. The van der Waals surface area contributed by atoms with Gasteiger partial charge in [0.05, 0.1) is 0 Å². The summed E-state index contributed by atoms with van der Waals surface area (Å²) in [6, 6.07) is 7.53. The first kappa shape index (κ1) is 18.8. The van der Waals surface area contributed by atoms with Crippen LogP contribution in [0.1, 0.15) is 50.5 Å². The summed E-state index contributed by atoms with van der Waals surface area (Å²) in [5.41, 5.74) is 0.917. The van der Waals surface area contributed by atoms with Gasteiger partial charge in [0.15, 0.2) is 0 Å². The number of amides is 2. The highest BCUT2D eigenvalue weighted by Crippen LogP contribution is 2.60. The fourth-order valence-corrected chi connectivity index (χ4v) is 6.13. The SMILES string of the molecule is CN(Cc1ccc(Cl)cc1)C(=O)CCNC(=O)C12CC3CC(CC(C3)C1)C2. The quantitative estimate of drug-likeness (QED) is 0.800. The second-order valence-corrected chi connectivity index (χ2v) is 9.52. The number of halogens is 1. The number of hydrogen-bond acceptors (Lipinski definition) is 2. The lowest BCUT2D eigenvalue weighted by molar-refractivity contribution is -0.146. The molecule has 0 unspecified atom stereocenters. The Hall–Kier alpha value is -1.55. The maximum atomic E-state index is 12.9. The van der Waals surface area contributed by atoms with Crippen molar-refractivity contribution >= 4 is 23.4 Å². The molecule has 0 aliphatic heterocycles. The monoisotopic (exact) mass is 388 g/mol. The van der Waals surface area contributed by atoms with Gasteiger partial charge < -0.3 is 10.2 Å². The van der Waals surface area contributed by atoms with E-state index in [0.717, 1.165) is 42.6 Å². The van der Waals surface area contributed by atoms with Crippen LogP contribution in [0.25, 0.3) is 0 Å². The number of carbonyl (C=O) groups excluding carboxylic acids is 2. The number of hydrogen-bond donors (Lipinski definition) is 1. The molecule has 4 bridgehead atoms. The number of benzene rings is 1. The molecule has 2 amide bonds. The van der Waals surface area contributed by atoms with Gasteiger partial charge in [-0.2, -0.15) is 0 Å². The molecule has 4 saturated carbocycles. The lowest BCUT2D eigenvalue weighted by atomic mass is 9.49. The predicted octanol–water partition coefficient (Wildman–Crippen LogP) is 4.02. The van der Waals surface area contributed by atoms with E-state index >= 15 is 0 Å². The zero-order valence-electron chi connectivity index (χ0n) is 16.0. The van der Waals surface area contributed by atoms with Crippen LogP contribution in [0.2, 0.25) is 5.02 Å². The minimum absolute atomic E-state index is 0.0516. The molecule has 5 rings (SSSR count). The van der Waals surface area contributed by atoms with E-state index in [1.165, 1.54) is 19.3 Å². The molecule has 0 spiro atoms. The summed E-state index contributed by atoms with van der Waals surface area (Å²) >= 11 is 5.90. The fourth-order valence-electron chi connectivity index (χ4n) is 6.00. The first-order valence-electron chi connectivity index (χ1n) is 10.2. The number of nitrogens with one attached hydrogen (secondary N) is 1. The Morgan fingerprint density at radius 3 is 2.19 bits per heavy atom. The predicted molar refractivity (Wildman–Crippen MR) is 106 cm³/mol. The van der Waals surface area contributed by atoms with Crippen LogP contribution in [0.4, 0.5) is 0 Å². The molecule has 1 aromatic carbocycles. The fraction of sp³-hybridized carbons (Fsp3) is 0.636. The Balaban J connectivity index is 1.25. The number of nitrogens with zero attached hydrogens (tertiary/aromatic N) is 1. The van der Waals surface area contributed by atoms with Crippen LogP contribution in [0.15, 0.2) is 24.3 Å². The minimum Gasteiger partial charge on any atom is -0.355 e. The van der Waals surface area contributed by atoms with Gasteiger partial charge >= 0.3 is 0 Å². The van der Waals surface area contributed by atoms with Crippen molar-refractivity contribution in [2.24, 2.45) is 23.2 Å². The third kappa shape index (κ3) is 4.01. The molecule has 4 fully saturated rings. The lowest BCUT2D eigenvalue weighted by Crippen LogP contribution is -2.53. The maximum Gasteiger partial charge on any atom is 0.226 e. The first-order chi connectivity index (χ1) is 12.9. The molecular weight excluding hydrogens is 360 g/mol. The van der Waals surface area contributed by atoms with Crippen molar-refractivity contribution in [3.05, 3.63) is 34.9 Å². The van der Waals surface area contributed by atoms with E-state index in [4.69, 9.17) is 11.6 Å². The van der Waals surface area contributed by atoms with Gasteiger partial charge in [0.25, 0.3) is 0 Å². The average molecular weight is 389 g/mol. The van der Waals surface area contributed by atoms with Gasteiger partial charge in [0, 0.05) is 37.0 Å². The summed E-state index contributed by atoms with van der Waals surface area (Å²) in [6.45, 7) is 0.989. The zero-order chi connectivity index (χ0) is 19.0. The van der Waals surface area contributed by atoms with Crippen molar-refractivity contribution in [1.29, 1.82) is 0 Å². The van der Waals surface area contributed by atoms with Gasteiger partial charge in [-0.25, -0.2) is 0 Å². The Bertz CT molecular complexity index is 680. The summed E-state index contributed by atoms with van der Waals surface area (Å²) in [4.78, 5) is 27.0.